The molecule has 1 N–H and O–H groups in total. The lowest BCUT2D eigenvalue weighted by Gasteiger charge is -2.35. The lowest BCUT2D eigenvalue weighted by Crippen LogP contribution is -2.48. The van der Waals surface area contributed by atoms with E-state index in [0.29, 0.717) is 19.8 Å². The Bertz CT molecular complexity index is 416. The molecule has 1 unspecified atom stereocenters. The molecule has 1 aliphatic heterocycles. The van der Waals surface area contributed by atoms with Crippen molar-refractivity contribution >= 4 is 0 Å². The molecule has 0 radical (unpaired) electrons. The van der Waals surface area contributed by atoms with E-state index in [4.69, 9.17) is 9.47 Å². The lowest BCUT2D eigenvalue weighted by atomic mass is 10.2. The first kappa shape index (κ1) is 17.2. The van der Waals surface area contributed by atoms with Crippen LogP contribution in [-0.2, 0) is 11.3 Å². The van der Waals surface area contributed by atoms with Gasteiger partial charge >= 0.3 is 0 Å². The van der Waals surface area contributed by atoms with Crippen molar-refractivity contribution in [2.24, 2.45) is 0 Å². The van der Waals surface area contributed by atoms with Gasteiger partial charge in [0.15, 0.2) is 0 Å². The summed E-state index contributed by atoms with van der Waals surface area (Å²) >= 11 is 0. The largest absolute Gasteiger partial charge is 0.497 e. The summed E-state index contributed by atoms with van der Waals surface area (Å²) in [6.07, 6.45) is -0.381. The second-order valence-corrected chi connectivity index (χ2v) is 5.74. The highest BCUT2D eigenvalue weighted by Gasteiger charge is 2.19. The van der Waals surface area contributed by atoms with Crippen molar-refractivity contribution in [3.8, 4) is 5.75 Å². The molecule has 1 saturated heterocycles. The van der Waals surface area contributed by atoms with Crippen LogP contribution in [0, 0.1) is 0 Å². The van der Waals surface area contributed by atoms with Crippen molar-refractivity contribution in [1.82, 2.24) is 9.80 Å². The fourth-order valence-corrected chi connectivity index (χ4v) is 2.72. The molecule has 1 heterocycles. The van der Waals surface area contributed by atoms with Crippen molar-refractivity contribution in [3.05, 3.63) is 29.8 Å². The summed E-state index contributed by atoms with van der Waals surface area (Å²) in [6, 6.07) is 8.26. The molecular weight excluding hydrogens is 280 g/mol. The molecule has 1 aliphatic rings. The van der Waals surface area contributed by atoms with Crippen LogP contribution in [-0.4, -0.2) is 74.1 Å². The van der Waals surface area contributed by atoms with Crippen molar-refractivity contribution < 1.29 is 14.6 Å². The van der Waals surface area contributed by atoms with Crippen LogP contribution in [0.4, 0.5) is 0 Å². The molecule has 22 heavy (non-hydrogen) atoms. The number of piperazine rings is 1. The summed E-state index contributed by atoms with van der Waals surface area (Å²) in [5.41, 5.74) is 1.31. The summed E-state index contributed by atoms with van der Waals surface area (Å²) in [5, 5.41) is 9.89. The molecule has 0 aliphatic carbocycles. The van der Waals surface area contributed by atoms with Gasteiger partial charge in [-0.25, -0.2) is 0 Å². The second-order valence-electron chi connectivity index (χ2n) is 5.74. The van der Waals surface area contributed by atoms with E-state index >= 15 is 0 Å². The van der Waals surface area contributed by atoms with E-state index in [1.807, 2.05) is 19.1 Å². The Labute approximate surface area is 133 Å². The van der Waals surface area contributed by atoms with Gasteiger partial charge in [-0.3, -0.25) is 9.80 Å². The molecule has 0 spiro atoms. The quantitative estimate of drug-likeness (QED) is 0.782. The third-order valence-corrected chi connectivity index (χ3v) is 4.01. The molecule has 124 valence electrons. The predicted molar refractivity (Wildman–Crippen MR) is 87.2 cm³/mol. The number of hydrogen-bond acceptors (Lipinski definition) is 5. The second kappa shape index (κ2) is 9.10. The molecule has 0 saturated carbocycles. The maximum atomic E-state index is 9.89. The number of nitrogens with zero attached hydrogens (tertiary/aromatic N) is 2. The number of aliphatic hydroxyl groups excluding tert-OH is 1. The van der Waals surface area contributed by atoms with Gasteiger partial charge in [-0.2, -0.15) is 0 Å². The molecule has 5 heteroatoms. The molecule has 0 amide bonds. The fraction of sp³-hybridized carbons (Fsp3) is 0.647. The Morgan fingerprint density at radius 3 is 2.32 bits per heavy atom. The van der Waals surface area contributed by atoms with Gasteiger partial charge < -0.3 is 14.6 Å². The van der Waals surface area contributed by atoms with E-state index in [-0.39, 0.29) is 6.10 Å². The average molecular weight is 308 g/mol. The third kappa shape index (κ3) is 5.57. The molecule has 2 rings (SSSR count). The van der Waals surface area contributed by atoms with Crippen LogP contribution in [0.5, 0.6) is 5.75 Å². The summed E-state index contributed by atoms with van der Waals surface area (Å²) in [6.45, 7) is 8.79. The van der Waals surface area contributed by atoms with Crippen LogP contribution in [0.2, 0.25) is 0 Å². The number of hydrogen-bond donors (Lipinski definition) is 1. The minimum Gasteiger partial charge on any atom is -0.497 e. The normalized spacial score (nSPS) is 18.3. The Morgan fingerprint density at radius 2 is 1.73 bits per heavy atom. The predicted octanol–water partition coefficient (Wildman–Crippen LogP) is 1.21. The van der Waals surface area contributed by atoms with Crippen LogP contribution >= 0.6 is 0 Å². The summed E-state index contributed by atoms with van der Waals surface area (Å²) in [4.78, 5) is 4.77. The number of aliphatic hydroxyl groups is 1. The molecule has 5 nitrogen and oxygen atoms in total. The molecule has 1 fully saturated rings. The smallest absolute Gasteiger partial charge is 0.118 e. The minimum absolute atomic E-state index is 0.381. The Kier molecular flexibility index (Phi) is 7.12. The number of ether oxygens (including phenoxy) is 2. The number of benzene rings is 1. The van der Waals surface area contributed by atoms with Crippen LogP contribution in [0.25, 0.3) is 0 Å². The Hall–Kier alpha value is -1.14. The van der Waals surface area contributed by atoms with Crippen molar-refractivity contribution in [3.63, 3.8) is 0 Å². The monoisotopic (exact) mass is 308 g/mol. The Balaban J connectivity index is 1.70. The summed E-state index contributed by atoms with van der Waals surface area (Å²) in [5.74, 6) is 0.900. The lowest BCUT2D eigenvalue weighted by molar-refractivity contribution is 0.0101. The minimum atomic E-state index is -0.381. The van der Waals surface area contributed by atoms with Gasteiger partial charge in [0.05, 0.1) is 19.8 Å². The van der Waals surface area contributed by atoms with E-state index in [1.165, 1.54) is 5.56 Å². The van der Waals surface area contributed by atoms with Gasteiger partial charge in [-0.15, -0.1) is 0 Å². The Morgan fingerprint density at radius 1 is 1.09 bits per heavy atom. The maximum absolute atomic E-state index is 9.89. The van der Waals surface area contributed by atoms with Gasteiger partial charge in [0.2, 0.25) is 0 Å². The molecule has 1 aromatic carbocycles. The van der Waals surface area contributed by atoms with E-state index in [0.717, 1.165) is 38.5 Å². The van der Waals surface area contributed by atoms with Crippen LogP contribution < -0.4 is 4.74 Å². The van der Waals surface area contributed by atoms with E-state index < -0.39 is 0 Å². The zero-order valence-corrected chi connectivity index (χ0v) is 13.7. The first-order valence-electron chi connectivity index (χ1n) is 8.04. The van der Waals surface area contributed by atoms with Crippen molar-refractivity contribution in [2.45, 2.75) is 19.6 Å². The summed E-state index contributed by atoms with van der Waals surface area (Å²) in [7, 11) is 1.69. The highest BCUT2D eigenvalue weighted by molar-refractivity contribution is 5.27. The fourth-order valence-electron chi connectivity index (χ4n) is 2.72. The standard InChI is InChI=1S/C17H28N2O3/c1-3-22-14-16(20)13-19-10-8-18(9-11-19)12-15-4-6-17(21-2)7-5-15/h4-7,16,20H,3,8-14H2,1-2H3. The topological polar surface area (TPSA) is 45.2 Å². The van der Waals surface area contributed by atoms with Gasteiger partial charge in [0.25, 0.3) is 0 Å². The maximum Gasteiger partial charge on any atom is 0.118 e. The molecule has 1 atom stereocenters. The van der Waals surface area contributed by atoms with Crippen LogP contribution in [0.3, 0.4) is 0 Å². The van der Waals surface area contributed by atoms with E-state index in [1.54, 1.807) is 7.11 Å². The number of rotatable bonds is 8. The van der Waals surface area contributed by atoms with Gasteiger partial charge in [-0.05, 0) is 24.6 Å². The van der Waals surface area contributed by atoms with E-state index in [9.17, 15) is 5.11 Å². The zero-order chi connectivity index (χ0) is 15.8. The summed E-state index contributed by atoms with van der Waals surface area (Å²) < 4.78 is 10.4. The SMILES string of the molecule is CCOCC(O)CN1CCN(Cc2ccc(OC)cc2)CC1. The van der Waals surface area contributed by atoms with Gasteiger partial charge in [0.1, 0.15) is 5.75 Å². The average Bonchev–Trinajstić information content (AvgIpc) is 2.55. The van der Waals surface area contributed by atoms with E-state index in [2.05, 4.69) is 21.9 Å². The van der Waals surface area contributed by atoms with Crippen LogP contribution in [0.1, 0.15) is 12.5 Å². The molecular formula is C17H28N2O3. The highest BCUT2D eigenvalue weighted by Crippen LogP contribution is 2.14. The third-order valence-electron chi connectivity index (χ3n) is 4.01. The van der Waals surface area contributed by atoms with Crippen molar-refractivity contribution in [2.75, 3.05) is 53.0 Å². The number of β-amino-alcohol motifs (C(OH)–C–C–N with tert-alkyl or cyclic N) is 1. The van der Waals surface area contributed by atoms with Crippen LogP contribution in [0.15, 0.2) is 24.3 Å². The first-order chi connectivity index (χ1) is 10.7. The van der Waals surface area contributed by atoms with Crippen molar-refractivity contribution in [1.29, 1.82) is 0 Å². The highest BCUT2D eigenvalue weighted by atomic mass is 16.5. The van der Waals surface area contributed by atoms with Gasteiger partial charge in [0, 0.05) is 45.9 Å². The molecule has 0 aromatic heterocycles. The molecule has 0 bridgehead atoms. The first-order valence-corrected chi connectivity index (χ1v) is 8.04. The number of methoxy groups -OCH3 is 1. The zero-order valence-electron chi connectivity index (χ0n) is 13.7. The molecule has 1 aromatic rings. The van der Waals surface area contributed by atoms with Gasteiger partial charge in [-0.1, -0.05) is 12.1 Å².